The van der Waals surface area contributed by atoms with Crippen LogP contribution in [0.3, 0.4) is 0 Å². The van der Waals surface area contributed by atoms with Crippen LogP contribution in [0.5, 0.6) is 0 Å². The zero-order chi connectivity index (χ0) is 33.4. The number of amides is 2. The second-order valence-corrected chi connectivity index (χ2v) is 13.7. The Labute approximate surface area is 272 Å². The molecular formula is C37H42FN3O4S. The molecule has 0 heterocycles. The van der Waals surface area contributed by atoms with Gasteiger partial charge in [-0.2, -0.15) is 0 Å². The van der Waals surface area contributed by atoms with Crippen LogP contribution in [0.1, 0.15) is 48.1 Å². The van der Waals surface area contributed by atoms with Gasteiger partial charge >= 0.3 is 0 Å². The molecule has 0 aliphatic heterocycles. The van der Waals surface area contributed by atoms with Crippen molar-refractivity contribution in [1.29, 1.82) is 0 Å². The minimum atomic E-state index is -4.23. The highest BCUT2D eigenvalue weighted by Crippen LogP contribution is 2.27. The molecule has 0 radical (unpaired) electrons. The van der Waals surface area contributed by atoms with E-state index < -0.39 is 40.2 Å². The van der Waals surface area contributed by atoms with Crippen molar-refractivity contribution in [3.8, 4) is 0 Å². The van der Waals surface area contributed by atoms with Gasteiger partial charge in [-0.3, -0.25) is 13.9 Å². The highest BCUT2D eigenvalue weighted by atomic mass is 32.2. The first kappa shape index (κ1) is 34.4. The zero-order valence-corrected chi connectivity index (χ0v) is 27.9. The van der Waals surface area contributed by atoms with Gasteiger partial charge in [0.25, 0.3) is 10.0 Å². The van der Waals surface area contributed by atoms with E-state index in [0.29, 0.717) is 12.1 Å². The number of sulfonamides is 1. The monoisotopic (exact) mass is 643 g/mol. The molecule has 46 heavy (non-hydrogen) atoms. The number of carbonyl (C=O) groups is 2. The van der Waals surface area contributed by atoms with Gasteiger partial charge in [0.05, 0.1) is 10.6 Å². The summed E-state index contributed by atoms with van der Waals surface area (Å²) >= 11 is 0. The number of nitrogens with zero attached hydrogens (tertiary/aromatic N) is 2. The van der Waals surface area contributed by atoms with Crippen LogP contribution in [-0.4, -0.2) is 43.8 Å². The van der Waals surface area contributed by atoms with Crippen molar-refractivity contribution < 1.29 is 22.4 Å². The summed E-state index contributed by atoms with van der Waals surface area (Å²) < 4.78 is 44.6. The Balaban J connectivity index is 1.84. The minimum Gasteiger partial charge on any atom is -0.352 e. The molecule has 0 saturated carbocycles. The number of anilines is 1. The Morgan fingerprint density at radius 2 is 1.43 bits per heavy atom. The van der Waals surface area contributed by atoms with E-state index in [4.69, 9.17) is 0 Å². The van der Waals surface area contributed by atoms with Crippen molar-refractivity contribution in [3.63, 3.8) is 0 Å². The molecule has 0 unspecified atom stereocenters. The first-order valence-electron chi connectivity index (χ1n) is 15.4. The average Bonchev–Trinajstić information content (AvgIpc) is 3.02. The van der Waals surface area contributed by atoms with E-state index in [1.165, 1.54) is 23.1 Å². The lowest BCUT2D eigenvalue weighted by Gasteiger charge is -2.34. The van der Waals surface area contributed by atoms with Gasteiger partial charge in [0.1, 0.15) is 18.4 Å². The van der Waals surface area contributed by atoms with Gasteiger partial charge < -0.3 is 10.2 Å². The van der Waals surface area contributed by atoms with Crippen LogP contribution in [0.25, 0.3) is 0 Å². The SMILES string of the molecule is CC[C@H](C)NC(=O)[C@@H](Cc1ccccc1)N(Cc1ccccc1F)C(=O)CN(c1cc(C)cc(C)c1)S(=O)(=O)c1ccc(C)cc1. The molecule has 0 bridgehead atoms. The van der Waals surface area contributed by atoms with E-state index in [0.717, 1.165) is 26.6 Å². The molecule has 0 aliphatic rings. The quantitative estimate of drug-likeness (QED) is 0.180. The number of hydrogen-bond donors (Lipinski definition) is 1. The largest absolute Gasteiger partial charge is 0.352 e. The topological polar surface area (TPSA) is 86.8 Å². The Hall–Kier alpha value is -4.50. The first-order chi connectivity index (χ1) is 21.9. The number of rotatable bonds is 13. The van der Waals surface area contributed by atoms with E-state index in [1.807, 2.05) is 71.0 Å². The molecule has 0 aromatic heterocycles. The van der Waals surface area contributed by atoms with Gasteiger partial charge in [0, 0.05) is 24.6 Å². The lowest BCUT2D eigenvalue weighted by molar-refractivity contribution is -0.140. The third kappa shape index (κ3) is 8.60. The second-order valence-electron chi connectivity index (χ2n) is 11.8. The molecule has 0 saturated heterocycles. The molecule has 4 aromatic carbocycles. The van der Waals surface area contributed by atoms with Gasteiger partial charge in [-0.25, -0.2) is 12.8 Å². The first-order valence-corrected chi connectivity index (χ1v) is 16.9. The van der Waals surface area contributed by atoms with Gasteiger partial charge in [-0.15, -0.1) is 0 Å². The highest BCUT2D eigenvalue weighted by molar-refractivity contribution is 7.92. The van der Waals surface area contributed by atoms with Crippen LogP contribution in [-0.2, 0) is 32.6 Å². The van der Waals surface area contributed by atoms with Crippen LogP contribution in [0.15, 0.2) is 102 Å². The molecule has 2 atom stereocenters. The Kier molecular flexibility index (Phi) is 11.4. The second kappa shape index (κ2) is 15.2. The molecular weight excluding hydrogens is 601 g/mol. The van der Waals surface area contributed by atoms with E-state index >= 15 is 4.39 Å². The number of hydrogen-bond acceptors (Lipinski definition) is 4. The van der Waals surface area contributed by atoms with Crippen molar-refractivity contribution in [3.05, 3.63) is 131 Å². The number of carbonyl (C=O) groups excluding carboxylic acids is 2. The molecule has 0 aliphatic carbocycles. The third-order valence-electron chi connectivity index (χ3n) is 7.95. The lowest BCUT2D eigenvalue weighted by atomic mass is 10.0. The predicted molar refractivity (Wildman–Crippen MR) is 180 cm³/mol. The summed E-state index contributed by atoms with van der Waals surface area (Å²) in [6, 6.07) is 25.9. The van der Waals surface area contributed by atoms with Crippen molar-refractivity contribution in [2.24, 2.45) is 0 Å². The maximum absolute atomic E-state index is 15.1. The maximum Gasteiger partial charge on any atom is 0.264 e. The third-order valence-corrected chi connectivity index (χ3v) is 9.74. The lowest BCUT2D eigenvalue weighted by Crippen LogP contribution is -2.54. The summed E-state index contributed by atoms with van der Waals surface area (Å²) in [5.41, 5.74) is 3.87. The van der Waals surface area contributed by atoms with Gasteiger partial charge in [0.2, 0.25) is 11.8 Å². The fourth-order valence-corrected chi connectivity index (χ4v) is 6.66. The molecule has 1 N–H and O–H groups in total. The summed E-state index contributed by atoms with van der Waals surface area (Å²) in [6.07, 6.45) is 0.817. The van der Waals surface area contributed by atoms with Crippen molar-refractivity contribution in [2.75, 3.05) is 10.8 Å². The van der Waals surface area contributed by atoms with E-state index in [2.05, 4.69) is 5.32 Å². The molecule has 4 rings (SSSR count). The van der Waals surface area contributed by atoms with Crippen molar-refractivity contribution in [2.45, 2.75) is 71.0 Å². The Morgan fingerprint density at radius 3 is 2.04 bits per heavy atom. The number of nitrogens with one attached hydrogen (secondary N) is 1. The number of halogens is 1. The van der Waals surface area contributed by atoms with Gasteiger partial charge in [-0.05, 0) is 81.1 Å². The molecule has 0 spiro atoms. The molecule has 7 nitrogen and oxygen atoms in total. The zero-order valence-electron chi connectivity index (χ0n) is 27.0. The van der Waals surface area contributed by atoms with Crippen molar-refractivity contribution in [1.82, 2.24) is 10.2 Å². The minimum absolute atomic E-state index is 0.0288. The van der Waals surface area contributed by atoms with E-state index in [9.17, 15) is 18.0 Å². The van der Waals surface area contributed by atoms with Crippen LogP contribution in [0.4, 0.5) is 10.1 Å². The summed E-state index contributed by atoms with van der Waals surface area (Å²) in [5.74, 6) is -1.57. The average molecular weight is 644 g/mol. The molecule has 0 fully saturated rings. The maximum atomic E-state index is 15.1. The summed E-state index contributed by atoms with van der Waals surface area (Å²) in [4.78, 5) is 29.8. The molecule has 4 aromatic rings. The molecule has 2 amide bonds. The molecule has 242 valence electrons. The number of aryl methyl sites for hydroxylation is 3. The standard InChI is InChI=1S/C37H42FN3O4S/c1-6-29(5)39-37(43)35(23-30-12-8-7-9-13-30)40(24-31-14-10-11-15-34(31)38)36(42)25-41(32-21-27(3)20-28(4)22-32)46(44,45)33-18-16-26(2)17-19-33/h7-22,29,35H,6,23-25H2,1-5H3,(H,39,43)/t29-,35+/m0/s1. The summed E-state index contributed by atoms with van der Waals surface area (Å²) in [6.45, 7) is 8.55. The van der Waals surface area contributed by atoms with Crippen LogP contribution < -0.4 is 9.62 Å². The predicted octanol–water partition coefficient (Wildman–Crippen LogP) is 6.50. The summed E-state index contributed by atoms with van der Waals surface area (Å²) in [7, 11) is -4.23. The van der Waals surface area contributed by atoms with E-state index in [-0.39, 0.29) is 29.5 Å². The Morgan fingerprint density at radius 1 is 0.826 bits per heavy atom. The van der Waals surface area contributed by atoms with Gasteiger partial charge in [0.15, 0.2) is 0 Å². The van der Waals surface area contributed by atoms with Crippen LogP contribution in [0.2, 0.25) is 0 Å². The van der Waals surface area contributed by atoms with Crippen LogP contribution >= 0.6 is 0 Å². The summed E-state index contributed by atoms with van der Waals surface area (Å²) in [5, 5.41) is 2.99. The number of benzene rings is 4. The smallest absolute Gasteiger partial charge is 0.264 e. The van der Waals surface area contributed by atoms with Crippen LogP contribution in [0, 0.1) is 26.6 Å². The normalized spacial score (nSPS) is 12.7. The van der Waals surface area contributed by atoms with Crippen molar-refractivity contribution >= 4 is 27.5 Å². The molecule has 9 heteroatoms. The highest BCUT2D eigenvalue weighted by Gasteiger charge is 2.35. The Bertz CT molecular complexity index is 1740. The van der Waals surface area contributed by atoms with E-state index in [1.54, 1.807) is 42.5 Å². The van der Waals surface area contributed by atoms with Gasteiger partial charge in [-0.1, -0.05) is 79.2 Å². The fraction of sp³-hybridized carbons (Fsp3) is 0.297. The fourth-order valence-electron chi connectivity index (χ4n) is 5.27.